The molecule has 1 fully saturated rings. The highest BCUT2D eigenvalue weighted by atomic mass is 19.1. The zero-order valence-corrected chi connectivity index (χ0v) is 15.8. The average Bonchev–Trinajstić information content (AvgIpc) is 3.07. The quantitative estimate of drug-likeness (QED) is 0.581. The SMILES string of the molecule is CCOC(=O)CCn1cc(C(C)=C(F)B2OC(C)(C)C(C)(C)O2)cn1. The van der Waals surface area contributed by atoms with Gasteiger partial charge in [-0.05, 0) is 47.1 Å². The van der Waals surface area contributed by atoms with Crippen LogP contribution in [-0.4, -0.2) is 40.7 Å². The molecule has 1 saturated heterocycles. The van der Waals surface area contributed by atoms with Crippen LogP contribution in [-0.2, 0) is 25.4 Å². The molecule has 0 bridgehead atoms. The van der Waals surface area contributed by atoms with E-state index in [0.717, 1.165) is 0 Å². The van der Waals surface area contributed by atoms with Crippen molar-refractivity contribution < 1.29 is 23.2 Å². The zero-order valence-electron chi connectivity index (χ0n) is 15.8. The summed E-state index contributed by atoms with van der Waals surface area (Å²) in [5.74, 6) is -0.282. The van der Waals surface area contributed by atoms with Crippen molar-refractivity contribution in [2.24, 2.45) is 0 Å². The maximum Gasteiger partial charge on any atom is 0.525 e. The Morgan fingerprint density at radius 3 is 2.48 bits per heavy atom. The van der Waals surface area contributed by atoms with E-state index in [1.807, 2.05) is 27.7 Å². The van der Waals surface area contributed by atoms with E-state index < -0.39 is 24.0 Å². The first-order chi connectivity index (χ1) is 11.6. The molecule has 2 heterocycles. The summed E-state index contributed by atoms with van der Waals surface area (Å²) in [6.07, 6.45) is 3.47. The van der Waals surface area contributed by atoms with E-state index in [1.54, 1.807) is 30.9 Å². The third kappa shape index (κ3) is 4.30. The fourth-order valence-electron chi connectivity index (χ4n) is 2.38. The number of carbonyl (C=O) groups excluding carboxylic acids is 1. The maximum atomic E-state index is 14.8. The van der Waals surface area contributed by atoms with Gasteiger partial charge in [0.05, 0.1) is 37.0 Å². The van der Waals surface area contributed by atoms with Crippen LogP contribution in [0.1, 0.15) is 53.5 Å². The summed E-state index contributed by atoms with van der Waals surface area (Å²) in [6.45, 7) is 11.7. The van der Waals surface area contributed by atoms with E-state index in [4.69, 9.17) is 14.0 Å². The van der Waals surface area contributed by atoms with Crippen molar-refractivity contribution in [1.29, 1.82) is 0 Å². The average molecular weight is 352 g/mol. The molecule has 1 aromatic rings. The van der Waals surface area contributed by atoms with Gasteiger partial charge in [-0.1, -0.05) is 0 Å². The molecule has 0 N–H and O–H groups in total. The Morgan fingerprint density at radius 1 is 1.32 bits per heavy atom. The lowest BCUT2D eigenvalue weighted by Gasteiger charge is -2.32. The van der Waals surface area contributed by atoms with Gasteiger partial charge in [-0.2, -0.15) is 5.10 Å². The number of rotatable bonds is 6. The number of allylic oxidation sites excluding steroid dienone is 1. The molecule has 1 aliphatic heterocycles. The first kappa shape index (κ1) is 19.7. The van der Waals surface area contributed by atoms with Gasteiger partial charge in [-0.15, -0.1) is 0 Å². The van der Waals surface area contributed by atoms with Crippen molar-refractivity contribution in [3.63, 3.8) is 0 Å². The fourth-order valence-corrected chi connectivity index (χ4v) is 2.38. The second-order valence-electron chi connectivity index (χ2n) is 7.11. The molecule has 0 radical (unpaired) electrons. The molecule has 1 aliphatic rings. The van der Waals surface area contributed by atoms with E-state index in [0.29, 0.717) is 24.3 Å². The molecule has 6 nitrogen and oxygen atoms in total. The fraction of sp³-hybridized carbons (Fsp3) is 0.647. The minimum Gasteiger partial charge on any atom is -0.466 e. The molecule has 0 spiro atoms. The second kappa shape index (κ2) is 7.29. The number of hydrogen-bond acceptors (Lipinski definition) is 5. The number of esters is 1. The number of hydrogen-bond donors (Lipinski definition) is 0. The van der Waals surface area contributed by atoms with Gasteiger partial charge >= 0.3 is 13.1 Å². The van der Waals surface area contributed by atoms with E-state index in [9.17, 15) is 9.18 Å². The summed E-state index contributed by atoms with van der Waals surface area (Å²) in [5, 5.41) is 4.16. The molecule has 0 unspecified atom stereocenters. The first-order valence-corrected chi connectivity index (χ1v) is 8.47. The molecular weight excluding hydrogens is 326 g/mol. The number of ether oxygens (including phenoxy) is 1. The molecule has 138 valence electrons. The largest absolute Gasteiger partial charge is 0.525 e. The predicted octanol–water partition coefficient (Wildman–Crippen LogP) is 3.17. The molecule has 25 heavy (non-hydrogen) atoms. The van der Waals surface area contributed by atoms with Crippen LogP contribution in [0.15, 0.2) is 18.1 Å². The molecule has 1 aromatic heterocycles. The topological polar surface area (TPSA) is 62.6 Å². The van der Waals surface area contributed by atoms with E-state index >= 15 is 0 Å². The molecular formula is C17H26BFN2O4. The maximum absolute atomic E-state index is 14.8. The van der Waals surface area contributed by atoms with Crippen molar-refractivity contribution in [3.8, 4) is 0 Å². The van der Waals surface area contributed by atoms with Gasteiger partial charge in [-0.25, -0.2) is 4.39 Å². The van der Waals surface area contributed by atoms with Crippen molar-refractivity contribution in [2.75, 3.05) is 6.61 Å². The van der Waals surface area contributed by atoms with Crippen LogP contribution >= 0.6 is 0 Å². The highest BCUT2D eigenvalue weighted by Gasteiger charge is 2.53. The lowest BCUT2D eigenvalue weighted by Crippen LogP contribution is -2.41. The van der Waals surface area contributed by atoms with Gasteiger partial charge in [0.1, 0.15) is 5.73 Å². The summed E-state index contributed by atoms with van der Waals surface area (Å²) in [5.41, 5.74) is -0.640. The summed E-state index contributed by atoms with van der Waals surface area (Å²) in [4.78, 5) is 11.4. The lowest BCUT2D eigenvalue weighted by atomic mass is 9.84. The summed E-state index contributed by atoms with van der Waals surface area (Å²) < 4.78 is 32.8. The summed E-state index contributed by atoms with van der Waals surface area (Å²) in [6, 6.07) is 0. The number of carbonyl (C=O) groups is 1. The van der Waals surface area contributed by atoms with Crippen molar-refractivity contribution >= 4 is 18.7 Å². The highest BCUT2D eigenvalue weighted by Crippen LogP contribution is 2.40. The second-order valence-corrected chi connectivity index (χ2v) is 7.11. The van der Waals surface area contributed by atoms with E-state index in [2.05, 4.69) is 5.10 Å². The molecule has 0 saturated carbocycles. The van der Waals surface area contributed by atoms with Crippen LogP contribution in [0.2, 0.25) is 0 Å². The highest BCUT2D eigenvalue weighted by molar-refractivity contribution is 6.55. The minimum absolute atomic E-state index is 0.220. The van der Waals surface area contributed by atoms with Crippen LogP contribution < -0.4 is 0 Å². The van der Waals surface area contributed by atoms with Crippen molar-refractivity contribution in [3.05, 3.63) is 23.7 Å². The molecule has 2 rings (SSSR count). The lowest BCUT2D eigenvalue weighted by molar-refractivity contribution is -0.143. The van der Waals surface area contributed by atoms with Crippen molar-refractivity contribution in [1.82, 2.24) is 9.78 Å². The summed E-state index contributed by atoms with van der Waals surface area (Å²) in [7, 11) is -1.03. The molecule has 0 aromatic carbocycles. The van der Waals surface area contributed by atoms with E-state index in [-0.39, 0.29) is 12.4 Å². The Bertz CT molecular complexity index is 653. The molecule has 8 heteroatoms. The number of aromatic nitrogens is 2. The number of aryl methyl sites for hydroxylation is 1. The summed E-state index contributed by atoms with van der Waals surface area (Å²) >= 11 is 0. The van der Waals surface area contributed by atoms with Crippen LogP contribution in [0, 0.1) is 0 Å². The molecule has 0 atom stereocenters. The Labute approximate surface area is 148 Å². The molecule has 0 amide bonds. The normalized spacial score (nSPS) is 19.7. The Kier molecular flexibility index (Phi) is 5.73. The number of halogens is 1. The van der Waals surface area contributed by atoms with Gasteiger partial charge in [0.2, 0.25) is 0 Å². The third-order valence-electron chi connectivity index (χ3n) is 4.74. The van der Waals surface area contributed by atoms with Crippen molar-refractivity contribution in [2.45, 2.75) is 65.7 Å². The predicted molar refractivity (Wildman–Crippen MR) is 93.3 cm³/mol. The van der Waals surface area contributed by atoms with Gasteiger partial charge in [0.25, 0.3) is 0 Å². The van der Waals surface area contributed by atoms with Crippen LogP contribution in [0.25, 0.3) is 5.57 Å². The first-order valence-electron chi connectivity index (χ1n) is 8.47. The third-order valence-corrected chi connectivity index (χ3v) is 4.74. The van der Waals surface area contributed by atoms with Crippen LogP contribution in [0.5, 0.6) is 0 Å². The van der Waals surface area contributed by atoms with Gasteiger partial charge in [-0.3, -0.25) is 9.48 Å². The van der Waals surface area contributed by atoms with Crippen LogP contribution in [0.4, 0.5) is 4.39 Å². The van der Waals surface area contributed by atoms with Gasteiger partial charge < -0.3 is 14.0 Å². The van der Waals surface area contributed by atoms with Crippen LogP contribution in [0.3, 0.4) is 0 Å². The minimum atomic E-state index is -1.03. The standard InChI is InChI=1S/C17H26BFN2O4/c1-7-23-14(22)8-9-21-11-13(10-20-21)12(2)15(19)18-24-16(3,4)17(5,6)25-18/h10-11H,7-9H2,1-6H3. The van der Waals surface area contributed by atoms with Gasteiger partial charge in [0.15, 0.2) is 0 Å². The van der Waals surface area contributed by atoms with Gasteiger partial charge in [0, 0.05) is 11.8 Å². The monoisotopic (exact) mass is 352 g/mol. The zero-order chi connectivity index (χ0) is 18.8. The number of nitrogens with zero attached hydrogens (tertiary/aromatic N) is 2. The van der Waals surface area contributed by atoms with E-state index in [1.165, 1.54) is 0 Å². The Hall–Kier alpha value is -1.67. The Balaban J connectivity index is 2.08. The molecule has 0 aliphatic carbocycles. The smallest absolute Gasteiger partial charge is 0.466 e. The Morgan fingerprint density at radius 2 is 1.92 bits per heavy atom.